The molecule has 2 aromatic rings. The van der Waals surface area contributed by atoms with Crippen LogP contribution in [0, 0.1) is 5.41 Å². The van der Waals surface area contributed by atoms with Crippen molar-refractivity contribution >= 4 is 17.2 Å². The summed E-state index contributed by atoms with van der Waals surface area (Å²) in [6.07, 6.45) is 8.54. The van der Waals surface area contributed by atoms with Gasteiger partial charge in [0, 0.05) is 43.6 Å². The number of hydrogen-bond acceptors (Lipinski definition) is 5. The molecule has 1 spiro atoms. The molecule has 0 aromatic carbocycles. The van der Waals surface area contributed by atoms with Gasteiger partial charge in [-0.15, -0.1) is 11.3 Å². The quantitative estimate of drug-likeness (QED) is 0.857. The first-order chi connectivity index (χ1) is 11.8. The molecule has 1 amide bonds. The molecule has 0 bridgehead atoms. The Morgan fingerprint density at radius 3 is 2.79 bits per heavy atom. The maximum Gasteiger partial charge on any atom is 0.230 e. The van der Waals surface area contributed by atoms with Gasteiger partial charge in [0.15, 0.2) is 0 Å². The van der Waals surface area contributed by atoms with Gasteiger partial charge in [0.25, 0.3) is 0 Å². The van der Waals surface area contributed by atoms with E-state index >= 15 is 0 Å². The smallest absolute Gasteiger partial charge is 0.230 e. The normalized spacial score (nSPS) is 24.8. The fourth-order valence-electron chi connectivity index (χ4n) is 4.02. The SMILES string of the molecule is O=C1N(Cc2ccncc2)CC[C@@]12CCCN(Cc1nccs1)C2. The Kier molecular flexibility index (Phi) is 4.33. The van der Waals surface area contributed by atoms with E-state index in [2.05, 4.69) is 14.9 Å². The molecule has 0 N–H and O–H groups in total. The molecule has 2 aliphatic heterocycles. The molecular formula is C18H22N4OS. The Morgan fingerprint density at radius 1 is 1.12 bits per heavy atom. The van der Waals surface area contributed by atoms with Gasteiger partial charge >= 0.3 is 0 Å². The molecule has 24 heavy (non-hydrogen) atoms. The Labute approximate surface area is 146 Å². The van der Waals surface area contributed by atoms with Gasteiger partial charge in [0.1, 0.15) is 5.01 Å². The zero-order valence-electron chi connectivity index (χ0n) is 13.7. The van der Waals surface area contributed by atoms with Crippen LogP contribution in [0.4, 0.5) is 0 Å². The third kappa shape index (κ3) is 3.08. The minimum absolute atomic E-state index is 0.178. The molecule has 2 aromatic heterocycles. The Bertz CT molecular complexity index is 690. The van der Waals surface area contributed by atoms with E-state index in [-0.39, 0.29) is 5.41 Å². The minimum Gasteiger partial charge on any atom is -0.338 e. The molecule has 2 saturated heterocycles. The van der Waals surface area contributed by atoms with Crippen molar-refractivity contribution in [3.63, 3.8) is 0 Å². The lowest BCUT2D eigenvalue weighted by molar-refractivity contribution is -0.139. The van der Waals surface area contributed by atoms with Crippen LogP contribution in [0.25, 0.3) is 0 Å². The van der Waals surface area contributed by atoms with E-state index in [0.717, 1.165) is 56.0 Å². The average molecular weight is 342 g/mol. The first-order valence-corrected chi connectivity index (χ1v) is 9.42. The largest absolute Gasteiger partial charge is 0.338 e. The Hall–Kier alpha value is -1.79. The van der Waals surface area contributed by atoms with Crippen molar-refractivity contribution in [1.82, 2.24) is 19.8 Å². The Balaban J connectivity index is 1.44. The van der Waals surface area contributed by atoms with E-state index in [1.807, 2.05) is 28.6 Å². The molecule has 5 nitrogen and oxygen atoms in total. The summed E-state index contributed by atoms with van der Waals surface area (Å²) < 4.78 is 0. The number of pyridine rings is 1. The molecule has 2 aliphatic rings. The van der Waals surface area contributed by atoms with Gasteiger partial charge in [0.2, 0.25) is 5.91 Å². The zero-order chi connectivity index (χ0) is 16.4. The predicted octanol–water partition coefficient (Wildman–Crippen LogP) is 2.55. The summed E-state index contributed by atoms with van der Waals surface area (Å²) in [6, 6.07) is 3.99. The fraction of sp³-hybridized carbons (Fsp3) is 0.500. The summed E-state index contributed by atoms with van der Waals surface area (Å²) >= 11 is 1.70. The highest BCUT2D eigenvalue weighted by Crippen LogP contribution is 2.41. The van der Waals surface area contributed by atoms with Crippen LogP contribution in [0.5, 0.6) is 0 Å². The lowest BCUT2D eigenvalue weighted by Gasteiger charge is -2.38. The molecule has 4 heterocycles. The number of thiazole rings is 1. The molecule has 2 fully saturated rings. The van der Waals surface area contributed by atoms with Crippen LogP contribution in [-0.4, -0.2) is 45.3 Å². The van der Waals surface area contributed by atoms with Crippen LogP contribution in [0.15, 0.2) is 36.1 Å². The summed E-state index contributed by atoms with van der Waals surface area (Å²) in [7, 11) is 0. The number of carbonyl (C=O) groups excluding carboxylic acids is 1. The number of rotatable bonds is 4. The second-order valence-corrected chi connectivity index (χ2v) is 7.83. The van der Waals surface area contributed by atoms with Crippen LogP contribution in [0.3, 0.4) is 0 Å². The summed E-state index contributed by atoms with van der Waals surface area (Å²) in [5.74, 6) is 0.336. The number of likely N-dealkylation sites (tertiary alicyclic amines) is 2. The fourth-order valence-corrected chi connectivity index (χ4v) is 4.67. The van der Waals surface area contributed by atoms with E-state index in [9.17, 15) is 4.79 Å². The van der Waals surface area contributed by atoms with Crippen molar-refractivity contribution in [2.75, 3.05) is 19.6 Å². The van der Waals surface area contributed by atoms with E-state index in [1.165, 1.54) is 0 Å². The predicted molar refractivity (Wildman–Crippen MR) is 93.3 cm³/mol. The highest BCUT2D eigenvalue weighted by molar-refractivity contribution is 7.09. The van der Waals surface area contributed by atoms with Crippen molar-refractivity contribution in [3.05, 3.63) is 46.7 Å². The average Bonchev–Trinajstić information content (AvgIpc) is 3.21. The van der Waals surface area contributed by atoms with Crippen molar-refractivity contribution < 1.29 is 4.79 Å². The van der Waals surface area contributed by atoms with Gasteiger partial charge in [-0.05, 0) is 43.5 Å². The number of amides is 1. The van der Waals surface area contributed by atoms with Gasteiger partial charge < -0.3 is 4.90 Å². The number of nitrogens with zero attached hydrogens (tertiary/aromatic N) is 4. The number of piperidine rings is 1. The molecule has 1 atom stereocenters. The van der Waals surface area contributed by atoms with Crippen LogP contribution in [0.1, 0.15) is 29.8 Å². The van der Waals surface area contributed by atoms with Crippen LogP contribution < -0.4 is 0 Å². The van der Waals surface area contributed by atoms with Gasteiger partial charge in [-0.3, -0.25) is 14.7 Å². The van der Waals surface area contributed by atoms with Crippen molar-refractivity contribution in [3.8, 4) is 0 Å². The molecule has 0 aliphatic carbocycles. The zero-order valence-corrected chi connectivity index (χ0v) is 14.5. The molecule has 0 unspecified atom stereocenters. The van der Waals surface area contributed by atoms with E-state index < -0.39 is 0 Å². The number of hydrogen-bond donors (Lipinski definition) is 0. The maximum absolute atomic E-state index is 13.1. The van der Waals surface area contributed by atoms with Crippen molar-refractivity contribution in [2.24, 2.45) is 5.41 Å². The van der Waals surface area contributed by atoms with Crippen LogP contribution >= 0.6 is 11.3 Å². The van der Waals surface area contributed by atoms with E-state index in [0.29, 0.717) is 12.5 Å². The number of carbonyl (C=O) groups is 1. The van der Waals surface area contributed by atoms with E-state index in [4.69, 9.17) is 0 Å². The summed E-state index contributed by atoms with van der Waals surface area (Å²) in [4.78, 5) is 26.0. The first-order valence-electron chi connectivity index (χ1n) is 8.54. The standard InChI is InChI=1S/C18H22N4OS/c23-17-18(5-10-22(17)12-15-2-6-19-7-3-15)4-1-9-21(14-18)13-16-20-8-11-24-16/h2-3,6-8,11H,1,4-5,9-10,12-14H2/t18-/m1/s1. The first kappa shape index (κ1) is 15.7. The lowest BCUT2D eigenvalue weighted by atomic mass is 9.78. The summed E-state index contributed by atoms with van der Waals surface area (Å²) in [6.45, 7) is 4.39. The van der Waals surface area contributed by atoms with Crippen LogP contribution in [-0.2, 0) is 17.9 Å². The van der Waals surface area contributed by atoms with Crippen molar-refractivity contribution in [2.45, 2.75) is 32.4 Å². The van der Waals surface area contributed by atoms with Gasteiger partial charge in [-0.1, -0.05) is 0 Å². The second kappa shape index (κ2) is 6.61. The molecule has 0 radical (unpaired) electrons. The van der Waals surface area contributed by atoms with Gasteiger partial charge in [0.05, 0.1) is 12.0 Å². The summed E-state index contributed by atoms with van der Waals surface area (Å²) in [5, 5.41) is 3.16. The highest BCUT2D eigenvalue weighted by atomic mass is 32.1. The van der Waals surface area contributed by atoms with E-state index in [1.54, 1.807) is 23.7 Å². The molecule has 6 heteroatoms. The van der Waals surface area contributed by atoms with Gasteiger partial charge in [-0.2, -0.15) is 0 Å². The second-order valence-electron chi connectivity index (χ2n) is 6.85. The van der Waals surface area contributed by atoms with Gasteiger partial charge in [-0.25, -0.2) is 4.98 Å². The Morgan fingerprint density at radius 2 is 2.00 bits per heavy atom. The van der Waals surface area contributed by atoms with Crippen LogP contribution in [0.2, 0.25) is 0 Å². The molecule has 126 valence electrons. The third-order valence-corrected chi connectivity index (χ3v) is 5.99. The topological polar surface area (TPSA) is 49.3 Å². The minimum atomic E-state index is -0.178. The highest BCUT2D eigenvalue weighted by Gasteiger charge is 2.48. The lowest BCUT2D eigenvalue weighted by Crippen LogP contribution is -2.47. The molecular weight excluding hydrogens is 320 g/mol. The monoisotopic (exact) mass is 342 g/mol. The third-order valence-electron chi connectivity index (χ3n) is 5.22. The number of aromatic nitrogens is 2. The molecule has 0 saturated carbocycles. The molecule has 4 rings (SSSR count). The summed E-state index contributed by atoms with van der Waals surface area (Å²) in [5.41, 5.74) is 0.980. The maximum atomic E-state index is 13.1. The van der Waals surface area contributed by atoms with Crippen molar-refractivity contribution in [1.29, 1.82) is 0 Å².